The van der Waals surface area contributed by atoms with Gasteiger partial charge in [0.1, 0.15) is 0 Å². The fourth-order valence-electron chi connectivity index (χ4n) is 3.71. The first-order valence-electron chi connectivity index (χ1n) is 8.82. The average molecular weight is 334 g/mol. The summed E-state index contributed by atoms with van der Waals surface area (Å²) in [4.78, 5) is 26.2. The zero-order valence-electron chi connectivity index (χ0n) is 13.8. The molecule has 5 heteroatoms. The van der Waals surface area contributed by atoms with Crippen LogP contribution in [0.4, 0.5) is 0 Å². The minimum Gasteiger partial charge on any atom is -0.273 e. The first-order chi connectivity index (χ1) is 11.1. The van der Waals surface area contributed by atoms with Crippen molar-refractivity contribution in [1.29, 1.82) is 0 Å². The Balaban J connectivity index is 1.48. The number of thiophene rings is 1. The van der Waals surface area contributed by atoms with Crippen molar-refractivity contribution in [1.82, 2.24) is 10.9 Å². The number of amides is 2. The third-order valence-corrected chi connectivity index (χ3v) is 6.30. The number of rotatable bonds is 3. The van der Waals surface area contributed by atoms with Crippen LogP contribution < -0.4 is 10.9 Å². The van der Waals surface area contributed by atoms with Gasteiger partial charge in [0, 0.05) is 11.3 Å². The largest absolute Gasteiger partial charge is 0.279 e. The number of hydrogen-bond donors (Lipinski definition) is 2. The molecule has 1 atom stereocenters. The van der Waals surface area contributed by atoms with Crippen LogP contribution in [-0.4, -0.2) is 11.8 Å². The van der Waals surface area contributed by atoms with E-state index in [4.69, 9.17) is 0 Å². The molecule has 2 N–H and O–H groups in total. The molecule has 0 saturated heterocycles. The van der Waals surface area contributed by atoms with E-state index < -0.39 is 0 Å². The maximum Gasteiger partial charge on any atom is 0.279 e. The molecule has 1 saturated carbocycles. The molecule has 0 radical (unpaired) electrons. The summed E-state index contributed by atoms with van der Waals surface area (Å²) in [6.45, 7) is 2.26. The van der Waals surface area contributed by atoms with Gasteiger partial charge in [-0.15, -0.1) is 11.3 Å². The van der Waals surface area contributed by atoms with Gasteiger partial charge in [-0.1, -0.05) is 26.2 Å². The van der Waals surface area contributed by atoms with E-state index in [2.05, 4.69) is 17.8 Å². The maximum absolute atomic E-state index is 12.2. The number of nitrogens with one attached hydrogen (secondary N) is 2. The molecule has 23 heavy (non-hydrogen) atoms. The second kappa shape index (κ2) is 7.47. The Morgan fingerprint density at radius 1 is 1.17 bits per heavy atom. The second-order valence-electron chi connectivity index (χ2n) is 7.12. The van der Waals surface area contributed by atoms with E-state index in [0.717, 1.165) is 25.7 Å². The molecule has 2 amide bonds. The normalized spacial score (nSPS) is 21.5. The molecule has 2 aliphatic carbocycles. The summed E-state index contributed by atoms with van der Waals surface area (Å²) >= 11 is 1.57. The number of carbonyl (C=O) groups excluding carboxylic acids is 2. The molecule has 1 fully saturated rings. The lowest BCUT2D eigenvalue weighted by molar-refractivity contribution is -0.123. The Morgan fingerprint density at radius 2 is 1.96 bits per heavy atom. The summed E-state index contributed by atoms with van der Waals surface area (Å²) < 4.78 is 0. The monoisotopic (exact) mass is 334 g/mol. The lowest BCUT2D eigenvalue weighted by Gasteiger charge is -2.20. The summed E-state index contributed by atoms with van der Waals surface area (Å²) in [5, 5.41) is 0. The SMILES string of the molecule is CC1CCc2sc(C(=O)NNC(=O)CC3CCCCC3)cc2C1. The molecular weight excluding hydrogens is 308 g/mol. The molecule has 0 aromatic carbocycles. The number of hydrogen-bond acceptors (Lipinski definition) is 3. The fraction of sp³-hybridized carbons (Fsp3) is 0.667. The van der Waals surface area contributed by atoms with Crippen LogP contribution in [-0.2, 0) is 17.6 Å². The molecule has 0 spiro atoms. The summed E-state index contributed by atoms with van der Waals surface area (Å²) in [5.41, 5.74) is 6.48. The van der Waals surface area contributed by atoms with Gasteiger partial charge >= 0.3 is 0 Å². The predicted molar refractivity (Wildman–Crippen MR) is 92.3 cm³/mol. The van der Waals surface area contributed by atoms with Crippen LogP contribution in [0, 0.1) is 11.8 Å². The number of hydrazine groups is 1. The Hall–Kier alpha value is -1.36. The molecule has 2 aliphatic rings. The predicted octanol–water partition coefficient (Wildman–Crippen LogP) is 3.60. The first-order valence-corrected chi connectivity index (χ1v) is 9.64. The van der Waals surface area contributed by atoms with Crippen molar-refractivity contribution in [2.45, 2.75) is 64.7 Å². The van der Waals surface area contributed by atoms with E-state index in [1.807, 2.05) is 6.07 Å². The van der Waals surface area contributed by atoms with Gasteiger partial charge in [0.15, 0.2) is 0 Å². The van der Waals surface area contributed by atoms with E-state index in [1.54, 1.807) is 11.3 Å². The molecule has 1 aromatic heterocycles. The highest BCUT2D eigenvalue weighted by atomic mass is 32.1. The number of carbonyl (C=O) groups is 2. The molecule has 1 unspecified atom stereocenters. The van der Waals surface area contributed by atoms with Crippen molar-refractivity contribution >= 4 is 23.2 Å². The van der Waals surface area contributed by atoms with Crippen LogP contribution in [0.25, 0.3) is 0 Å². The molecular formula is C18H26N2O2S. The van der Waals surface area contributed by atoms with Crippen LogP contribution >= 0.6 is 11.3 Å². The Labute approximate surface area is 142 Å². The van der Waals surface area contributed by atoms with E-state index >= 15 is 0 Å². The van der Waals surface area contributed by atoms with Gasteiger partial charge in [-0.2, -0.15) is 0 Å². The van der Waals surface area contributed by atoms with Gasteiger partial charge in [0.25, 0.3) is 5.91 Å². The smallest absolute Gasteiger partial charge is 0.273 e. The molecule has 1 aromatic rings. The van der Waals surface area contributed by atoms with Crippen molar-refractivity contribution in [2.24, 2.45) is 11.8 Å². The highest BCUT2D eigenvalue weighted by Crippen LogP contribution is 2.32. The summed E-state index contributed by atoms with van der Waals surface area (Å²) in [6.07, 6.45) is 9.87. The molecule has 0 aliphatic heterocycles. The van der Waals surface area contributed by atoms with Gasteiger partial charge in [0.05, 0.1) is 4.88 Å². The summed E-state index contributed by atoms with van der Waals surface area (Å²) in [6, 6.07) is 2.00. The topological polar surface area (TPSA) is 58.2 Å². The Morgan fingerprint density at radius 3 is 2.74 bits per heavy atom. The van der Waals surface area contributed by atoms with Crippen molar-refractivity contribution in [3.05, 3.63) is 21.4 Å². The van der Waals surface area contributed by atoms with Crippen LogP contribution in [0.3, 0.4) is 0 Å². The minimum absolute atomic E-state index is 0.0693. The quantitative estimate of drug-likeness (QED) is 0.830. The molecule has 4 nitrogen and oxygen atoms in total. The van der Waals surface area contributed by atoms with E-state index in [9.17, 15) is 9.59 Å². The lowest BCUT2D eigenvalue weighted by atomic mass is 9.87. The van der Waals surface area contributed by atoms with Gasteiger partial charge < -0.3 is 0 Å². The Bertz CT molecular complexity index is 576. The highest BCUT2D eigenvalue weighted by molar-refractivity contribution is 7.14. The van der Waals surface area contributed by atoms with Crippen LogP contribution in [0.15, 0.2) is 6.07 Å². The molecule has 3 rings (SSSR count). The highest BCUT2D eigenvalue weighted by Gasteiger charge is 2.21. The van der Waals surface area contributed by atoms with Crippen molar-refractivity contribution in [3.8, 4) is 0 Å². The fourth-order valence-corrected chi connectivity index (χ4v) is 4.81. The van der Waals surface area contributed by atoms with Crippen LogP contribution in [0.2, 0.25) is 0 Å². The standard InChI is InChI=1S/C18H26N2O2S/c1-12-7-8-15-14(9-12)11-16(23-15)18(22)20-19-17(21)10-13-5-3-2-4-6-13/h11-13H,2-10H2,1H3,(H,19,21)(H,20,22). The summed E-state index contributed by atoms with van der Waals surface area (Å²) in [7, 11) is 0. The summed E-state index contributed by atoms with van der Waals surface area (Å²) in [5.74, 6) is 0.925. The zero-order chi connectivity index (χ0) is 16.2. The molecule has 0 bridgehead atoms. The first kappa shape index (κ1) is 16.5. The van der Waals surface area contributed by atoms with Crippen molar-refractivity contribution in [3.63, 3.8) is 0 Å². The van der Waals surface area contributed by atoms with Crippen LogP contribution in [0.5, 0.6) is 0 Å². The number of aryl methyl sites for hydroxylation is 1. The zero-order valence-corrected chi connectivity index (χ0v) is 14.6. The van der Waals surface area contributed by atoms with Gasteiger partial charge in [-0.3, -0.25) is 20.4 Å². The average Bonchev–Trinajstić information content (AvgIpc) is 2.96. The third kappa shape index (κ3) is 4.34. The van der Waals surface area contributed by atoms with E-state index in [1.165, 1.54) is 36.1 Å². The lowest BCUT2D eigenvalue weighted by Crippen LogP contribution is -2.42. The molecule has 1 heterocycles. The van der Waals surface area contributed by atoms with Crippen molar-refractivity contribution < 1.29 is 9.59 Å². The third-order valence-electron chi connectivity index (χ3n) is 5.07. The Kier molecular flexibility index (Phi) is 5.36. The molecule has 126 valence electrons. The van der Waals surface area contributed by atoms with Crippen molar-refractivity contribution in [2.75, 3.05) is 0 Å². The van der Waals surface area contributed by atoms with Crippen LogP contribution in [0.1, 0.15) is 72.0 Å². The van der Waals surface area contributed by atoms with Gasteiger partial charge in [0.2, 0.25) is 5.91 Å². The number of fused-ring (bicyclic) bond motifs is 1. The van der Waals surface area contributed by atoms with Gasteiger partial charge in [-0.25, -0.2) is 0 Å². The van der Waals surface area contributed by atoms with E-state index in [-0.39, 0.29) is 11.8 Å². The second-order valence-corrected chi connectivity index (χ2v) is 8.25. The van der Waals surface area contributed by atoms with E-state index in [0.29, 0.717) is 23.1 Å². The minimum atomic E-state index is -0.186. The maximum atomic E-state index is 12.2. The van der Waals surface area contributed by atoms with Gasteiger partial charge in [-0.05, 0) is 55.6 Å².